The smallest absolute Gasteiger partial charge is 0.306 e. The number of fused-ring (bicyclic) bond motifs is 4. The second-order valence-electron chi connectivity index (χ2n) is 18.1. The van der Waals surface area contributed by atoms with E-state index in [1.54, 1.807) is 0 Å². The average Bonchev–Trinajstić information content (AvgIpc) is 3.45. The third-order valence-corrected chi connectivity index (χ3v) is 14.8. The summed E-state index contributed by atoms with van der Waals surface area (Å²) in [6.07, 6.45) is 4.52. The number of carboxylic acid groups (broad SMARTS) is 1. The van der Waals surface area contributed by atoms with Crippen LogP contribution in [-0.4, -0.2) is 81.9 Å². The van der Waals surface area contributed by atoms with Gasteiger partial charge in [-0.15, -0.1) is 0 Å². The van der Waals surface area contributed by atoms with E-state index in [9.17, 15) is 14.7 Å². The van der Waals surface area contributed by atoms with E-state index in [0.29, 0.717) is 24.7 Å². The topological polar surface area (TPSA) is 158 Å². The van der Waals surface area contributed by atoms with Gasteiger partial charge in [0, 0.05) is 37.5 Å². The van der Waals surface area contributed by atoms with Gasteiger partial charge in [-0.05, 0) is 87.9 Å². The molecule has 10 aliphatic rings. The van der Waals surface area contributed by atoms with Gasteiger partial charge < -0.3 is 33.9 Å². The highest BCUT2D eigenvalue weighted by molar-refractivity contribution is 5.76. The monoisotopic (exact) mass is 722 g/mol. The maximum absolute atomic E-state index is 12.8. The van der Waals surface area contributed by atoms with Crippen LogP contribution in [0.25, 0.3) is 0 Å². The fraction of sp³-hybridized carbons (Fsp3) is 0.947. The zero-order valence-corrected chi connectivity index (χ0v) is 31.0. The predicted molar refractivity (Wildman–Crippen MR) is 176 cm³/mol. The summed E-state index contributed by atoms with van der Waals surface area (Å²) in [5.74, 6) is -2.35. The van der Waals surface area contributed by atoms with Crippen molar-refractivity contribution in [1.29, 1.82) is 0 Å². The molecule has 0 radical (unpaired) electrons. The summed E-state index contributed by atoms with van der Waals surface area (Å²) < 4.78 is 32.6. The number of aliphatic hydroxyl groups is 1. The molecule has 8 aliphatic heterocycles. The molecule has 0 aromatic heterocycles. The van der Waals surface area contributed by atoms with E-state index in [2.05, 4.69) is 27.7 Å². The highest BCUT2D eigenvalue weighted by Crippen LogP contribution is 2.63. The van der Waals surface area contributed by atoms with Crippen LogP contribution in [0.5, 0.6) is 0 Å². The molecule has 13 nitrogen and oxygen atoms in total. The first-order valence-electron chi connectivity index (χ1n) is 19.6. The Balaban J connectivity index is 1.08. The van der Waals surface area contributed by atoms with E-state index in [-0.39, 0.29) is 67.8 Å². The van der Waals surface area contributed by atoms with E-state index < -0.39 is 65.1 Å². The van der Waals surface area contributed by atoms with E-state index in [1.807, 2.05) is 13.8 Å². The van der Waals surface area contributed by atoms with Gasteiger partial charge in [0.2, 0.25) is 11.6 Å². The lowest BCUT2D eigenvalue weighted by atomic mass is 9.56. The Bertz CT molecular complexity index is 1280. The van der Waals surface area contributed by atoms with Crippen molar-refractivity contribution in [2.24, 2.45) is 47.3 Å². The molecule has 0 amide bonds. The normalized spacial score (nSPS) is 52.5. The molecule has 10 rings (SSSR count). The summed E-state index contributed by atoms with van der Waals surface area (Å²) in [6.45, 7) is 12.3. The number of aliphatic carboxylic acids is 1. The third-order valence-electron chi connectivity index (χ3n) is 14.8. The molecule has 51 heavy (non-hydrogen) atoms. The Hall–Kier alpha value is -1.42. The van der Waals surface area contributed by atoms with E-state index in [1.165, 1.54) is 0 Å². The van der Waals surface area contributed by atoms with E-state index >= 15 is 0 Å². The summed E-state index contributed by atoms with van der Waals surface area (Å²) in [5.41, 5.74) is -3.07. The van der Waals surface area contributed by atoms with Crippen LogP contribution in [0.1, 0.15) is 119 Å². The highest BCUT2D eigenvalue weighted by atomic mass is 17.3. The third kappa shape index (κ3) is 5.91. The first kappa shape index (κ1) is 36.6. The minimum atomic E-state index is -1.58. The second-order valence-corrected chi connectivity index (χ2v) is 18.1. The van der Waals surface area contributed by atoms with E-state index in [4.69, 9.17) is 48.3 Å². The molecule has 16 atom stereocenters. The number of ether oxygens (including phenoxy) is 5. The van der Waals surface area contributed by atoms with Crippen LogP contribution in [0.3, 0.4) is 0 Å². The standard InChI is InChI=1S/C38H58O13/c1-20-7-9-26-22(3)28(44-32-37(26)24(20)13-15-34(5,46-32)48-50-37)17-36(42,19-43-31(41)12-11-30(39)40)18-29-23(4)27-10-8-21(2)25-14-16-35(6)47-33(45-29)38(25,27)51-49-35/h20-29,32-33,42H,7-19H2,1-6H3,(H,39,40)/t20-,21-,22-,23-,24+,25+,26+,27+,28-,29-,32-,33-,34-,35-,37-,38-/m1/s1. The van der Waals surface area contributed by atoms with Gasteiger partial charge in [0.1, 0.15) is 12.2 Å². The summed E-state index contributed by atoms with van der Waals surface area (Å²) in [7, 11) is 0. The molecule has 8 saturated heterocycles. The van der Waals surface area contributed by atoms with E-state index in [0.717, 1.165) is 38.5 Å². The van der Waals surface area contributed by atoms with Crippen molar-refractivity contribution < 1.29 is 63.0 Å². The minimum Gasteiger partial charge on any atom is -0.481 e. The predicted octanol–water partition coefficient (Wildman–Crippen LogP) is 5.41. The molecular formula is C38H58O13. The quantitative estimate of drug-likeness (QED) is 0.230. The van der Waals surface area contributed by atoms with Crippen LogP contribution in [-0.2, 0) is 52.8 Å². The molecule has 2 N–H and O–H groups in total. The molecule has 2 aliphatic carbocycles. The molecule has 2 saturated carbocycles. The Morgan fingerprint density at radius 2 is 1.16 bits per heavy atom. The molecule has 10 fully saturated rings. The van der Waals surface area contributed by atoms with Crippen molar-refractivity contribution in [2.75, 3.05) is 6.61 Å². The van der Waals surface area contributed by atoms with Crippen molar-refractivity contribution in [3.63, 3.8) is 0 Å². The Labute approximate surface area is 300 Å². The highest BCUT2D eigenvalue weighted by Gasteiger charge is 2.71. The Morgan fingerprint density at radius 1 is 0.686 bits per heavy atom. The van der Waals surface area contributed by atoms with Gasteiger partial charge in [0.05, 0.1) is 25.0 Å². The van der Waals surface area contributed by atoms with Crippen LogP contribution >= 0.6 is 0 Å². The molecule has 0 aromatic carbocycles. The zero-order chi connectivity index (χ0) is 36.1. The van der Waals surface area contributed by atoms with Crippen LogP contribution in [0.4, 0.5) is 0 Å². The lowest BCUT2D eigenvalue weighted by Crippen LogP contribution is -2.71. The number of rotatable bonds is 9. The van der Waals surface area contributed by atoms with Gasteiger partial charge in [-0.25, -0.2) is 19.6 Å². The van der Waals surface area contributed by atoms with Crippen molar-refractivity contribution in [1.82, 2.24) is 0 Å². The number of hydrogen-bond donors (Lipinski definition) is 2. The number of hydrogen-bond acceptors (Lipinski definition) is 12. The number of carboxylic acids is 1. The molecule has 2 spiro atoms. The lowest BCUT2D eigenvalue weighted by molar-refractivity contribution is -0.572. The van der Waals surface area contributed by atoms with Crippen LogP contribution in [0.2, 0.25) is 0 Å². The summed E-state index contributed by atoms with van der Waals surface area (Å²) in [5, 5.41) is 21.9. The fourth-order valence-corrected chi connectivity index (χ4v) is 11.9. The van der Waals surface area contributed by atoms with Gasteiger partial charge in [0.15, 0.2) is 23.8 Å². The number of carbonyl (C=O) groups is 2. The van der Waals surface area contributed by atoms with Crippen LogP contribution in [0.15, 0.2) is 0 Å². The SMILES string of the molecule is C[C@H]1[C@@H](CC(O)(COC(=O)CCC(=O)O)C[C@H]2O[C@@H]3O[C@@]4(C)CC[C@H]5[C@H](C)CC[C@@H]([C@H]2C)[C@@]35OO4)O[C@@H]2O[C@@]3(C)CC[C@H]4[C@H](C)CC[C@@H]1[C@@]24OO3. The maximum Gasteiger partial charge on any atom is 0.306 e. The fourth-order valence-electron chi connectivity index (χ4n) is 11.9. The second kappa shape index (κ2) is 12.8. The summed E-state index contributed by atoms with van der Waals surface area (Å²) in [4.78, 5) is 48.7. The first-order chi connectivity index (χ1) is 24.1. The minimum absolute atomic E-state index is 0.0416. The molecule has 0 unspecified atom stereocenters. The largest absolute Gasteiger partial charge is 0.481 e. The van der Waals surface area contributed by atoms with Crippen molar-refractivity contribution in [3.8, 4) is 0 Å². The van der Waals surface area contributed by atoms with Gasteiger partial charge >= 0.3 is 11.9 Å². The van der Waals surface area contributed by atoms with Gasteiger partial charge in [-0.3, -0.25) is 9.59 Å². The Kier molecular flexibility index (Phi) is 9.20. The van der Waals surface area contributed by atoms with Gasteiger partial charge in [-0.1, -0.05) is 27.7 Å². The molecule has 4 bridgehead atoms. The van der Waals surface area contributed by atoms with Gasteiger partial charge in [0.25, 0.3) is 0 Å². The molecule has 0 aromatic rings. The van der Waals surface area contributed by atoms with Crippen molar-refractivity contribution >= 4 is 11.9 Å². The van der Waals surface area contributed by atoms with Crippen LogP contribution < -0.4 is 0 Å². The maximum atomic E-state index is 12.8. The molecule has 288 valence electrons. The van der Waals surface area contributed by atoms with Crippen LogP contribution in [0, 0.1) is 47.3 Å². The average molecular weight is 723 g/mol. The Morgan fingerprint density at radius 3 is 1.61 bits per heavy atom. The summed E-state index contributed by atoms with van der Waals surface area (Å²) >= 11 is 0. The van der Waals surface area contributed by atoms with Gasteiger partial charge in [-0.2, -0.15) is 0 Å². The summed E-state index contributed by atoms with van der Waals surface area (Å²) in [6, 6.07) is 0. The number of carbonyl (C=O) groups excluding carboxylic acids is 1. The zero-order valence-electron chi connectivity index (χ0n) is 31.0. The lowest BCUT2D eigenvalue weighted by Gasteiger charge is -2.61. The van der Waals surface area contributed by atoms with Crippen molar-refractivity contribution in [2.45, 2.75) is 172 Å². The first-order valence-corrected chi connectivity index (χ1v) is 19.6. The molecule has 13 heteroatoms. The molecule has 8 heterocycles. The molecular weight excluding hydrogens is 664 g/mol. The number of esters is 1. The van der Waals surface area contributed by atoms with Crippen molar-refractivity contribution in [3.05, 3.63) is 0 Å².